The zero-order chi connectivity index (χ0) is 9.97. The Labute approximate surface area is 84.9 Å². The molecule has 0 spiro atoms. The molecule has 1 saturated heterocycles. The summed E-state index contributed by atoms with van der Waals surface area (Å²) >= 11 is 0. The SMILES string of the molecule is Cc1cc(CN2CCCC2)oc1CN. The third kappa shape index (κ3) is 1.99. The summed E-state index contributed by atoms with van der Waals surface area (Å²) < 4.78 is 5.66. The maximum absolute atomic E-state index is 5.66. The average Bonchev–Trinajstić information content (AvgIpc) is 2.76. The van der Waals surface area contributed by atoms with E-state index in [4.69, 9.17) is 10.2 Å². The molecule has 0 radical (unpaired) electrons. The first-order valence-electron chi connectivity index (χ1n) is 5.30. The van der Waals surface area contributed by atoms with Gasteiger partial charge in [0, 0.05) is 0 Å². The van der Waals surface area contributed by atoms with Crippen LogP contribution in [0.5, 0.6) is 0 Å². The standard InChI is InChI=1S/C11H18N2O/c1-9-6-10(14-11(9)7-12)8-13-4-2-3-5-13/h6H,2-5,7-8,12H2,1H3. The number of furan rings is 1. The van der Waals surface area contributed by atoms with Gasteiger partial charge in [-0.2, -0.15) is 0 Å². The third-order valence-electron chi connectivity index (χ3n) is 2.84. The van der Waals surface area contributed by atoms with Crippen LogP contribution in [0.3, 0.4) is 0 Å². The van der Waals surface area contributed by atoms with Crippen molar-refractivity contribution in [3.05, 3.63) is 23.2 Å². The molecular formula is C11H18N2O. The predicted octanol–water partition coefficient (Wildman–Crippen LogP) is 1.64. The Morgan fingerprint density at radius 3 is 2.71 bits per heavy atom. The minimum absolute atomic E-state index is 0.506. The van der Waals surface area contributed by atoms with Crippen LogP contribution in [0.1, 0.15) is 29.9 Å². The van der Waals surface area contributed by atoms with Gasteiger partial charge in [-0.05, 0) is 44.5 Å². The van der Waals surface area contributed by atoms with E-state index in [9.17, 15) is 0 Å². The van der Waals surface area contributed by atoms with Crippen LogP contribution >= 0.6 is 0 Å². The topological polar surface area (TPSA) is 42.4 Å². The van der Waals surface area contributed by atoms with Crippen molar-refractivity contribution in [2.24, 2.45) is 5.73 Å². The Morgan fingerprint density at radius 1 is 1.43 bits per heavy atom. The van der Waals surface area contributed by atoms with E-state index < -0.39 is 0 Å². The molecule has 0 saturated carbocycles. The molecule has 0 atom stereocenters. The highest BCUT2D eigenvalue weighted by Crippen LogP contribution is 2.18. The quantitative estimate of drug-likeness (QED) is 0.795. The number of hydrogen-bond donors (Lipinski definition) is 1. The normalized spacial score (nSPS) is 17.9. The van der Waals surface area contributed by atoms with Crippen LogP contribution < -0.4 is 5.73 Å². The second kappa shape index (κ2) is 4.15. The lowest BCUT2D eigenvalue weighted by molar-refractivity contribution is 0.293. The summed E-state index contributed by atoms with van der Waals surface area (Å²) in [6, 6.07) is 2.11. The molecule has 0 aromatic carbocycles. The van der Waals surface area contributed by atoms with Crippen molar-refractivity contribution in [2.45, 2.75) is 32.9 Å². The Balaban J connectivity index is 2.01. The van der Waals surface area contributed by atoms with Gasteiger partial charge in [0.05, 0.1) is 13.1 Å². The number of nitrogens with two attached hydrogens (primary N) is 1. The lowest BCUT2D eigenvalue weighted by Crippen LogP contribution is -2.17. The Kier molecular flexibility index (Phi) is 2.89. The zero-order valence-electron chi connectivity index (χ0n) is 8.75. The Hall–Kier alpha value is -0.800. The van der Waals surface area contributed by atoms with Crippen LogP contribution in [0, 0.1) is 6.92 Å². The van der Waals surface area contributed by atoms with E-state index in [1.165, 1.54) is 31.5 Å². The minimum atomic E-state index is 0.506. The number of rotatable bonds is 3. The highest BCUT2D eigenvalue weighted by Gasteiger charge is 2.14. The second-order valence-electron chi connectivity index (χ2n) is 4.01. The van der Waals surface area contributed by atoms with E-state index >= 15 is 0 Å². The molecule has 3 heteroatoms. The fourth-order valence-corrected chi connectivity index (χ4v) is 2.03. The molecule has 2 rings (SSSR count). The smallest absolute Gasteiger partial charge is 0.120 e. The predicted molar refractivity (Wildman–Crippen MR) is 55.8 cm³/mol. The molecule has 0 unspecified atom stereocenters. The monoisotopic (exact) mass is 194 g/mol. The number of nitrogens with zero attached hydrogens (tertiary/aromatic N) is 1. The summed E-state index contributed by atoms with van der Waals surface area (Å²) in [7, 11) is 0. The van der Waals surface area contributed by atoms with Crippen LogP contribution in [0.2, 0.25) is 0 Å². The van der Waals surface area contributed by atoms with Gasteiger partial charge >= 0.3 is 0 Å². The first-order valence-corrected chi connectivity index (χ1v) is 5.30. The van der Waals surface area contributed by atoms with Crippen molar-refractivity contribution in [3.63, 3.8) is 0 Å². The van der Waals surface area contributed by atoms with Crippen LogP contribution in [-0.2, 0) is 13.1 Å². The zero-order valence-corrected chi connectivity index (χ0v) is 8.75. The van der Waals surface area contributed by atoms with Crippen molar-refractivity contribution in [1.29, 1.82) is 0 Å². The number of aryl methyl sites for hydroxylation is 1. The molecule has 2 heterocycles. The van der Waals surface area contributed by atoms with Gasteiger partial charge in [0.15, 0.2) is 0 Å². The average molecular weight is 194 g/mol. The molecule has 0 amide bonds. The third-order valence-corrected chi connectivity index (χ3v) is 2.84. The minimum Gasteiger partial charge on any atom is -0.463 e. The molecular weight excluding hydrogens is 176 g/mol. The molecule has 0 aliphatic carbocycles. The van der Waals surface area contributed by atoms with Gasteiger partial charge in [-0.3, -0.25) is 4.90 Å². The van der Waals surface area contributed by atoms with Crippen molar-refractivity contribution in [1.82, 2.24) is 4.90 Å². The Bertz CT molecular complexity index is 300. The van der Waals surface area contributed by atoms with Gasteiger partial charge in [-0.1, -0.05) is 0 Å². The largest absolute Gasteiger partial charge is 0.463 e. The van der Waals surface area contributed by atoms with Crippen LogP contribution in [0.25, 0.3) is 0 Å². The van der Waals surface area contributed by atoms with Crippen molar-refractivity contribution < 1.29 is 4.42 Å². The fourth-order valence-electron chi connectivity index (χ4n) is 2.03. The highest BCUT2D eigenvalue weighted by molar-refractivity contribution is 5.19. The van der Waals surface area contributed by atoms with Gasteiger partial charge in [-0.25, -0.2) is 0 Å². The maximum Gasteiger partial charge on any atom is 0.120 e. The van der Waals surface area contributed by atoms with E-state index in [2.05, 4.69) is 17.9 Å². The first kappa shape index (κ1) is 9.74. The molecule has 1 aliphatic heterocycles. The Morgan fingerprint density at radius 2 is 2.14 bits per heavy atom. The summed E-state index contributed by atoms with van der Waals surface area (Å²) in [5, 5.41) is 0. The number of likely N-dealkylation sites (tertiary alicyclic amines) is 1. The van der Waals surface area contributed by atoms with Crippen LogP contribution in [-0.4, -0.2) is 18.0 Å². The van der Waals surface area contributed by atoms with Crippen LogP contribution in [0.4, 0.5) is 0 Å². The highest BCUT2D eigenvalue weighted by atomic mass is 16.3. The molecule has 0 bridgehead atoms. The van der Waals surface area contributed by atoms with E-state index in [-0.39, 0.29) is 0 Å². The lowest BCUT2D eigenvalue weighted by Gasteiger charge is -2.11. The summed E-state index contributed by atoms with van der Waals surface area (Å²) in [5.74, 6) is 1.99. The van der Waals surface area contributed by atoms with Crippen molar-refractivity contribution in [2.75, 3.05) is 13.1 Å². The summed E-state index contributed by atoms with van der Waals surface area (Å²) in [5.41, 5.74) is 6.75. The van der Waals surface area contributed by atoms with Crippen molar-refractivity contribution >= 4 is 0 Å². The van der Waals surface area contributed by atoms with Gasteiger partial charge in [-0.15, -0.1) is 0 Å². The molecule has 1 fully saturated rings. The molecule has 1 aliphatic rings. The molecule has 1 aromatic rings. The van der Waals surface area contributed by atoms with E-state index in [1.807, 2.05) is 0 Å². The van der Waals surface area contributed by atoms with E-state index in [1.54, 1.807) is 0 Å². The van der Waals surface area contributed by atoms with E-state index in [0.717, 1.165) is 18.1 Å². The maximum atomic E-state index is 5.66. The van der Waals surface area contributed by atoms with E-state index in [0.29, 0.717) is 6.54 Å². The van der Waals surface area contributed by atoms with Gasteiger partial charge in [0.1, 0.15) is 11.5 Å². The van der Waals surface area contributed by atoms with Crippen LogP contribution in [0.15, 0.2) is 10.5 Å². The van der Waals surface area contributed by atoms with Gasteiger partial charge in [0.2, 0.25) is 0 Å². The fraction of sp³-hybridized carbons (Fsp3) is 0.636. The molecule has 1 aromatic heterocycles. The van der Waals surface area contributed by atoms with Gasteiger partial charge in [0.25, 0.3) is 0 Å². The molecule has 78 valence electrons. The first-order chi connectivity index (χ1) is 6.79. The molecule has 3 nitrogen and oxygen atoms in total. The summed E-state index contributed by atoms with van der Waals surface area (Å²) in [4.78, 5) is 2.43. The summed E-state index contributed by atoms with van der Waals surface area (Å²) in [6.45, 7) is 5.92. The lowest BCUT2D eigenvalue weighted by atomic mass is 10.2. The van der Waals surface area contributed by atoms with Gasteiger partial charge < -0.3 is 10.2 Å². The molecule has 2 N–H and O–H groups in total. The summed E-state index contributed by atoms with van der Waals surface area (Å²) in [6.07, 6.45) is 2.65. The molecule has 14 heavy (non-hydrogen) atoms. The van der Waals surface area contributed by atoms with Crippen molar-refractivity contribution in [3.8, 4) is 0 Å². The second-order valence-corrected chi connectivity index (χ2v) is 4.01. The number of hydrogen-bond acceptors (Lipinski definition) is 3.